The van der Waals surface area contributed by atoms with Gasteiger partial charge in [0.05, 0.1) is 17.0 Å². The van der Waals surface area contributed by atoms with Crippen molar-refractivity contribution in [3.8, 4) is 6.07 Å². The van der Waals surface area contributed by atoms with Crippen molar-refractivity contribution < 1.29 is 32.3 Å². The van der Waals surface area contributed by atoms with E-state index in [0.29, 0.717) is 17.3 Å². The fourth-order valence-electron chi connectivity index (χ4n) is 6.25. The Kier molecular flexibility index (Phi) is 7.89. The summed E-state index contributed by atoms with van der Waals surface area (Å²) in [5.74, 6) is -6.17. The van der Waals surface area contributed by atoms with E-state index < -0.39 is 69.6 Å². The summed E-state index contributed by atoms with van der Waals surface area (Å²) in [6.45, 7) is 7.02. The summed E-state index contributed by atoms with van der Waals surface area (Å²) < 4.78 is 42.0. The van der Waals surface area contributed by atoms with Gasteiger partial charge in [-0.15, -0.1) is 0 Å². The molecule has 1 aromatic heterocycles. The van der Waals surface area contributed by atoms with Crippen LogP contribution < -0.4 is 10.6 Å². The number of para-hydroxylation sites is 1. The molecule has 45 heavy (non-hydrogen) atoms. The van der Waals surface area contributed by atoms with Crippen molar-refractivity contribution in [2.75, 3.05) is 18.9 Å². The van der Waals surface area contributed by atoms with Crippen LogP contribution in [0.15, 0.2) is 36.4 Å². The van der Waals surface area contributed by atoms with Gasteiger partial charge in [-0.05, 0) is 36.5 Å². The quantitative estimate of drug-likeness (QED) is 0.357. The molecule has 0 unspecified atom stereocenters. The molecule has 3 N–H and O–H groups in total. The minimum Gasteiger partial charge on any atom is -0.348 e. The number of hydrogen-bond donors (Lipinski definition) is 3. The number of nitrogens with zero attached hydrogens (tertiary/aromatic N) is 3. The summed E-state index contributed by atoms with van der Waals surface area (Å²) >= 11 is 0. The molecule has 0 aliphatic carbocycles. The Bertz CT molecular complexity index is 1780. The zero-order valence-electron chi connectivity index (χ0n) is 25.4. The van der Waals surface area contributed by atoms with Crippen LogP contribution in [0.2, 0.25) is 0 Å². The molecule has 1 spiro atoms. The number of fused-ring (bicyclic) bond motifs is 3. The van der Waals surface area contributed by atoms with E-state index in [9.17, 15) is 37.6 Å². The van der Waals surface area contributed by atoms with Gasteiger partial charge in [-0.25, -0.2) is 13.2 Å². The third-order valence-electron chi connectivity index (χ3n) is 8.54. The number of aromatic amines is 1. The molecular weight excluding hydrogens is 589 g/mol. The van der Waals surface area contributed by atoms with Crippen molar-refractivity contribution in [3.63, 3.8) is 0 Å². The van der Waals surface area contributed by atoms with Crippen LogP contribution in [-0.4, -0.2) is 70.1 Å². The highest BCUT2D eigenvalue weighted by atomic mass is 19.2. The standard InChI is InChI=1S/C32H33F3N6O4/c1-16(37-27(42)23-10-18-20(33)11-21(34)25(35)26(18)38-23)28(43)40(5)24(13-31(2,3)4)29(44)41-15-32(12-17(41)14-36)19-8-6-7-9-22(19)39-30(32)45/h6-11,16-17,24,38H,12-13,15H2,1-5H3,(H,37,42)(H,39,45)/t16-,17-,24-,32-/m0/s1. The molecule has 4 atom stereocenters. The van der Waals surface area contributed by atoms with Crippen LogP contribution in [0.1, 0.15) is 56.6 Å². The maximum Gasteiger partial charge on any atom is 0.268 e. The van der Waals surface area contributed by atoms with Crippen LogP contribution in [-0.2, 0) is 19.8 Å². The summed E-state index contributed by atoms with van der Waals surface area (Å²) in [5, 5.41) is 15.0. The second-order valence-corrected chi connectivity index (χ2v) is 12.9. The average Bonchev–Trinajstić information content (AvgIpc) is 3.68. The SMILES string of the molecule is C[C@H](NC(=O)c1cc2c(F)cc(F)c(F)c2[nH]1)C(=O)N(C)[C@@H](CC(C)(C)C)C(=O)N1C[C@]2(C[C@H]1C#N)C(=O)Nc1ccccc12. The van der Waals surface area contributed by atoms with Crippen LogP contribution in [0, 0.1) is 34.2 Å². The van der Waals surface area contributed by atoms with E-state index in [0.717, 1.165) is 6.07 Å². The fourth-order valence-corrected chi connectivity index (χ4v) is 6.25. The van der Waals surface area contributed by atoms with Gasteiger partial charge >= 0.3 is 0 Å². The maximum atomic E-state index is 14.2. The van der Waals surface area contributed by atoms with Crippen LogP contribution in [0.25, 0.3) is 10.9 Å². The van der Waals surface area contributed by atoms with Gasteiger partial charge in [0.25, 0.3) is 5.91 Å². The van der Waals surface area contributed by atoms with Crippen molar-refractivity contribution >= 4 is 40.2 Å². The van der Waals surface area contributed by atoms with E-state index in [1.807, 2.05) is 20.8 Å². The molecule has 5 rings (SSSR count). The van der Waals surface area contributed by atoms with Crippen molar-refractivity contribution in [2.24, 2.45) is 5.41 Å². The van der Waals surface area contributed by atoms with Crippen LogP contribution in [0.5, 0.6) is 0 Å². The van der Waals surface area contributed by atoms with Gasteiger partial charge in [0, 0.05) is 37.2 Å². The molecule has 2 aromatic carbocycles. The lowest BCUT2D eigenvalue weighted by Gasteiger charge is -2.36. The third-order valence-corrected chi connectivity index (χ3v) is 8.54. The number of halogens is 3. The molecule has 3 aromatic rings. The molecule has 0 bridgehead atoms. The van der Waals surface area contributed by atoms with Gasteiger partial charge < -0.3 is 25.4 Å². The van der Waals surface area contributed by atoms with Gasteiger partial charge in [0.15, 0.2) is 11.6 Å². The Morgan fingerprint density at radius 3 is 2.53 bits per heavy atom. The maximum absolute atomic E-state index is 14.2. The third kappa shape index (κ3) is 5.49. The lowest BCUT2D eigenvalue weighted by atomic mass is 9.80. The molecule has 1 fully saturated rings. The lowest BCUT2D eigenvalue weighted by molar-refractivity contribution is -0.146. The number of benzene rings is 2. The van der Waals surface area contributed by atoms with Gasteiger partial charge in [-0.2, -0.15) is 5.26 Å². The number of rotatable bonds is 6. The fraction of sp³-hybridized carbons (Fsp3) is 0.406. The van der Waals surface area contributed by atoms with E-state index in [2.05, 4.69) is 21.7 Å². The number of likely N-dealkylation sites (N-methyl/N-ethyl adjacent to an activating group) is 1. The molecule has 10 nitrogen and oxygen atoms in total. The highest BCUT2D eigenvalue weighted by Gasteiger charge is 2.57. The number of aromatic nitrogens is 1. The summed E-state index contributed by atoms with van der Waals surface area (Å²) in [4.78, 5) is 58.9. The molecule has 13 heteroatoms. The average molecular weight is 623 g/mol. The summed E-state index contributed by atoms with van der Waals surface area (Å²) in [6.07, 6.45) is 0.297. The van der Waals surface area contributed by atoms with Crippen LogP contribution in [0.4, 0.5) is 18.9 Å². The van der Waals surface area contributed by atoms with Crippen molar-refractivity contribution in [3.05, 3.63) is 65.1 Å². The molecule has 2 aliphatic heterocycles. The van der Waals surface area contributed by atoms with Crippen molar-refractivity contribution in [2.45, 2.75) is 64.1 Å². The van der Waals surface area contributed by atoms with Gasteiger partial charge in [-0.1, -0.05) is 39.0 Å². The first-order valence-electron chi connectivity index (χ1n) is 14.4. The number of amides is 4. The minimum absolute atomic E-state index is 0.0457. The molecular formula is C32H33F3N6O4. The van der Waals surface area contributed by atoms with E-state index in [1.54, 1.807) is 24.3 Å². The van der Waals surface area contributed by atoms with Gasteiger partial charge in [0.1, 0.15) is 29.6 Å². The van der Waals surface area contributed by atoms with Gasteiger partial charge in [-0.3, -0.25) is 19.2 Å². The van der Waals surface area contributed by atoms with Crippen LogP contribution in [0.3, 0.4) is 0 Å². The number of anilines is 1. The molecule has 1 saturated heterocycles. The van der Waals surface area contributed by atoms with Crippen LogP contribution >= 0.6 is 0 Å². The smallest absolute Gasteiger partial charge is 0.268 e. The zero-order chi connectivity index (χ0) is 33.0. The molecule has 4 amide bonds. The second kappa shape index (κ2) is 11.3. The first-order valence-corrected chi connectivity index (χ1v) is 14.4. The Labute approximate surface area is 257 Å². The first kappa shape index (κ1) is 31.6. The normalized spacial score (nSPS) is 20.5. The second-order valence-electron chi connectivity index (χ2n) is 12.9. The summed E-state index contributed by atoms with van der Waals surface area (Å²) in [7, 11) is 1.42. The minimum atomic E-state index is -1.42. The number of carbonyl (C=O) groups is 4. The zero-order valence-corrected chi connectivity index (χ0v) is 25.4. The van der Waals surface area contributed by atoms with E-state index in [4.69, 9.17) is 0 Å². The molecule has 3 heterocycles. The monoisotopic (exact) mass is 622 g/mol. The predicted molar refractivity (Wildman–Crippen MR) is 158 cm³/mol. The lowest BCUT2D eigenvalue weighted by Crippen LogP contribution is -2.56. The summed E-state index contributed by atoms with van der Waals surface area (Å²) in [5.41, 5.74) is -1.05. The van der Waals surface area contributed by atoms with E-state index in [-0.39, 0.29) is 36.4 Å². The molecule has 0 radical (unpaired) electrons. The summed E-state index contributed by atoms with van der Waals surface area (Å²) in [6, 6.07) is 7.50. The molecule has 0 saturated carbocycles. The van der Waals surface area contributed by atoms with Crippen molar-refractivity contribution in [1.82, 2.24) is 20.1 Å². The van der Waals surface area contributed by atoms with E-state index in [1.165, 1.54) is 23.8 Å². The highest BCUT2D eigenvalue weighted by Crippen LogP contribution is 2.46. The predicted octanol–water partition coefficient (Wildman–Crippen LogP) is 3.98. The van der Waals surface area contributed by atoms with Crippen molar-refractivity contribution in [1.29, 1.82) is 5.26 Å². The Morgan fingerprint density at radius 1 is 1.18 bits per heavy atom. The number of nitriles is 1. The number of likely N-dealkylation sites (tertiary alicyclic amines) is 1. The first-order chi connectivity index (χ1) is 21.1. The number of hydrogen-bond acceptors (Lipinski definition) is 5. The molecule has 2 aliphatic rings. The Balaban J connectivity index is 1.38. The number of carbonyl (C=O) groups excluding carboxylic acids is 4. The highest BCUT2D eigenvalue weighted by molar-refractivity contribution is 6.07. The Morgan fingerprint density at radius 2 is 1.87 bits per heavy atom. The topological polar surface area (TPSA) is 138 Å². The van der Waals surface area contributed by atoms with Gasteiger partial charge in [0.2, 0.25) is 17.7 Å². The largest absolute Gasteiger partial charge is 0.348 e. The number of H-pyrrole nitrogens is 1. The Hall–Kier alpha value is -4.86. The molecule has 236 valence electrons. The number of nitrogens with one attached hydrogen (secondary N) is 3. The van der Waals surface area contributed by atoms with E-state index >= 15 is 0 Å².